The van der Waals surface area contributed by atoms with Gasteiger partial charge in [-0.2, -0.15) is 0 Å². The Kier molecular flexibility index (Phi) is 3.70. The lowest BCUT2D eigenvalue weighted by Crippen LogP contribution is -2.17. The molecule has 0 atom stereocenters. The number of hydrogen-bond acceptors (Lipinski definition) is 3. The van der Waals surface area contributed by atoms with Crippen LogP contribution in [0.3, 0.4) is 0 Å². The Morgan fingerprint density at radius 3 is 2.55 bits per heavy atom. The minimum atomic E-state index is 0.737. The van der Waals surface area contributed by atoms with Crippen molar-refractivity contribution in [1.82, 2.24) is 10.3 Å². The monoisotopic (exact) mass is 267 g/mol. The van der Waals surface area contributed by atoms with Gasteiger partial charge in [0.2, 0.25) is 0 Å². The average Bonchev–Trinajstić information content (AvgIpc) is 3.30. The average molecular weight is 267 g/mol. The summed E-state index contributed by atoms with van der Waals surface area (Å²) in [4.78, 5) is 6.85. The summed E-state index contributed by atoms with van der Waals surface area (Å²) >= 11 is 0. The molecular weight excluding hydrogens is 246 g/mol. The molecule has 104 valence electrons. The molecule has 3 nitrogen and oxygen atoms in total. The molecule has 0 aliphatic heterocycles. The SMILES string of the molecule is Cc1nc(N(C)c2ccccc2)ccc1CNC1CC1. The van der Waals surface area contributed by atoms with E-state index >= 15 is 0 Å². The minimum absolute atomic E-state index is 0.737. The van der Waals surface area contributed by atoms with Crippen molar-refractivity contribution >= 4 is 11.5 Å². The van der Waals surface area contributed by atoms with Gasteiger partial charge < -0.3 is 10.2 Å². The first-order valence-electron chi connectivity index (χ1n) is 7.23. The summed E-state index contributed by atoms with van der Waals surface area (Å²) < 4.78 is 0. The third-order valence-electron chi connectivity index (χ3n) is 3.83. The van der Waals surface area contributed by atoms with E-state index in [1.807, 2.05) is 18.2 Å². The number of nitrogens with one attached hydrogen (secondary N) is 1. The lowest BCUT2D eigenvalue weighted by molar-refractivity contribution is 0.682. The second-order valence-electron chi connectivity index (χ2n) is 5.46. The van der Waals surface area contributed by atoms with Gasteiger partial charge in [-0.3, -0.25) is 0 Å². The highest BCUT2D eigenvalue weighted by atomic mass is 15.2. The van der Waals surface area contributed by atoms with E-state index in [1.165, 1.54) is 18.4 Å². The first-order valence-corrected chi connectivity index (χ1v) is 7.23. The third kappa shape index (κ3) is 2.99. The van der Waals surface area contributed by atoms with Crippen molar-refractivity contribution in [3.63, 3.8) is 0 Å². The molecule has 0 unspecified atom stereocenters. The van der Waals surface area contributed by atoms with E-state index in [0.29, 0.717) is 0 Å². The van der Waals surface area contributed by atoms with Crippen LogP contribution in [0, 0.1) is 6.92 Å². The molecule has 3 rings (SSSR count). The molecule has 0 spiro atoms. The number of benzene rings is 1. The Morgan fingerprint density at radius 1 is 1.15 bits per heavy atom. The topological polar surface area (TPSA) is 28.2 Å². The fraction of sp³-hybridized carbons (Fsp3) is 0.353. The van der Waals surface area contributed by atoms with Crippen molar-refractivity contribution < 1.29 is 0 Å². The predicted molar refractivity (Wildman–Crippen MR) is 83.3 cm³/mol. The van der Waals surface area contributed by atoms with Crippen LogP contribution in [0.1, 0.15) is 24.1 Å². The predicted octanol–water partition coefficient (Wildman–Crippen LogP) is 3.41. The Hall–Kier alpha value is -1.87. The highest BCUT2D eigenvalue weighted by Gasteiger charge is 2.20. The first kappa shape index (κ1) is 13.1. The molecule has 0 radical (unpaired) electrons. The summed E-state index contributed by atoms with van der Waals surface area (Å²) in [6, 6.07) is 15.3. The Labute approximate surface area is 120 Å². The maximum Gasteiger partial charge on any atom is 0.132 e. The van der Waals surface area contributed by atoms with Crippen LogP contribution in [0.4, 0.5) is 11.5 Å². The zero-order valence-electron chi connectivity index (χ0n) is 12.1. The van der Waals surface area contributed by atoms with Crippen molar-refractivity contribution in [1.29, 1.82) is 0 Å². The molecule has 0 saturated heterocycles. The van der Waals surface area contributed by atoms with Gasteiger partial charge in [0.25, 0.3) is 0 Å². The lowest BCUT2D eigenvalue weighted by Gasteiger charge is -2.19. The minimum Gasteiger partial charge on any atom is -0.329 e. The molecular formula is C17H21N3. The van der Waals surface area contributed by atoms with Crippen molar-refractivity contribution in [3.8, 4) is 0 Å². The maximum absolute atomic E-state index is 4.73. The van der Waals surface area contributed by atoms with Crippen LogP contribution in [-0.4, -0.2) is 18.1 Å². The maximum atomic E-state index is 4.73. The summed E-state index contributed by atoms with van der Waals surface area (Å²) in [7, 11) is 2.05. The number of aromatic nitrogens is 1. The second-order valence-corrected chi connectivity index (χ2v) is 5.46. The molecule has 1 N–H and O–H groups in total. The van der Waals surface area contributed by atoms with Gasteiger partial charge in [0.1, 0.15) is 5.82 Å². The van der Waals surface area contributed by atoms with Crippen molar-refractivity contribution in [2.24, 2.45) is 0 Å². The number of para-hydroxylation sites is 1. The van der Waals surface area contributed by atoms with E-state index in [9.17, 15) is 0 Å². The summed E-state index contributed by atoms with van der Waals surface area (Å²) in [5.74, 6) is 0.990. The standard InChI is InChI=1S/C17H21N3/c1-13-14(12-18-15-9-10-15)8-11-17(19-13)20(2)16-6-4-3-5-7-16/h3-8,11,15,18H,9-10,12H2,1-2H3. The molecule has 2 aromatic rings. The second kappa shape index (κ2) is 5.63. The van der Waals surface area contributed by atoms with Gasteiger partial charge in [-0.25, -0.2) is 4.98 Å². The number of anilines is 2. The lowest BCUT2D eigenvalue weighted by atomic mass is 10.2. The number of nitrogens with zero attached hydrogens (tertiary/aromatic N) is 2. The van der Waals surface area contributed by atoms with E-state index in [0.717, 1.165) is 29.8 Å². The van der Waals surface area contributed by atoms with Crippen LogP contribution < -0.4 is 10.2 Å². The van der Waals surface area contributed by atoms with Crippen molar-refractivity contribution in [2.45, 2.75) is 32.4 Å². The fourth-order valence-corrected chi connectivity index (χ4v) is 2.28. The molecule has 1 aromatic carbocycles. The fourth-order valence-electron chi connectivity index (χ4n) is 2.28. The van der Waals surface area contributed by atoms with E-state index < -0.39 is 0 Å². The highest BCUT2D eigenvalue weighted by Crippen LogP contribution is 2.23. The van der Waals surface area contributed by atoms with Gasteiger partial charge in [-0.1, -0.05) is 24.3 Å². The molecule has 1 fully saturated rings. The molecule has 1 aromatic heterocycles. The zero-order valence-corrected chi connectivity index (χ0v) is 12.1. The first-order chi connectivity index (χ1) is 9.74. The van der Waals surface area contributed by atoms with Gasteiger partial charge in [-0.05, 0) is 43.5 Å². The molecule has 20 heavy (non-hydrogen) atoms. The highest BCUT2D eigenvalue weighted by molar-refractivity contribution is 5.59. The molecule has 0 bridgehead atoms. The third-order valence-corrected chi connectivity index (χ3v) is 3.83. The van der Waals surface area contributed by atoms with E-state index in [2.05, 4.69) is 48.5 Å². The molecule has 1 saturated carbocycles. The van der Waals surface area contributed by atoms with Crippen LogP contribution in [0.5, 0.6) is 0 Å². The molecule has 0 amide bonds. The number of aryl methyl sites for hydroxylation is 1. The van der Waals surface area contributed by atoms with Crippen LogP contribution in [0.25, 0.3) is 0 Å². The normalized spacial score (nSPS) is 14.3. The van der Waals surface area contributed by atoms with Crippen LogP contribution >= 0.6 is 0 Å². The van der Waals surface area contributed by atoms with E-state index in [1.54, 1.807) is 0 Å². The Bertz CT molecular complexity index is 576. The smallest absolute Gasteiger partial charge is 0.132 e. The van der Waals surface area contributed by atoms with Gasteiger partial charge in [0.05, 0.1) is 0 Å². The van der Waals surface area contributed by atoms with E-state index in [4.69, 9.17) is 4.98 Å². The number of hydrogen-bond donors (Lipinski definition) is 1. The van der Waals surface area contributed by atoms with Crippen LogP contribution in [-0.2, 0) is 6.54 Å². The molecule has 3 heteroatoms. The van der Waals surface area contributed by atoms with Crippen molar-refractivity contribution in [3.05, 3.63) is 53.7 Å². The summed E-state index contributed by atoms with van der Waals surface area (Å²) in [5.41, 5.74) is 3.56. The van der Waals surface area contributed by atoms with Crippen LogP contribution in [0.15, 0.2) is 42.5 Å². The van der Waals surface area contributed by atoms with Gasteiger partial charge in [0, 0.05) is 31.0 Å². The van der Waals surface area contributed by atoms with Gasteiger partial charge in [-0.15, -0.1) is 0 Å². The van der Waals surface area contributed by atoms with Gasteiger partial charge in [0.15, 0.2) is 0 Å². The summed E-state index contributed by atoms with van der Waals surface area (Å²) in [6.07, 6.45) is 2.64. The summed E-state index contributed by atoms with van der Waals surface area (Å²) in [5, 5.41) is 3.54. The number of rotatable bonds is 5. The van der Waals surface area contributed by atoms with Crippen molar-refractivity contribution in [2.75, 3.05) is 11.9 Å². The molecule has 1 aliphatic rings. The quantitative estimate of drug-likeness (QED) is 0.900. The van der Waals surface area contributed by atoms with Gasteiger partial charge >= 0.3 is 0 Å². The zero-order chi connectivity index (χ0) is 13.9. The largest absolute Gasteiger partial charge is 0.329 e. The summed E-state index contributed by atoms with van der Waals surface area (Å²) in [6.45, 7) is 3.02. The Morgan fingerprint density at radius 2 is 1.90 bits per heavy atom. The molecule has 1 aliphatic carbocycles. The van der Waals surface area contributed by atoms with Crippen LogP contribution in [0.2, 0.25) is 0 Å². The molecule has 1 heterocycles. The Balaban J connectivity index is 1.75. The number of pyridine rings is 1. The van der Waals surface area contributed by atoms with E-state index in [-0.39, 0.29) is 0 Å².